The number of rotatable bonds is 6. The van der Waals surface area contributed by atoms with Crippen LogP contribution in [-0.2, 0) is 11.3 Å². The molecule has 0 unspecified atom stereocenters. The molecule has 0 aliphatic heterocycles. The average molecular weight is 379 g/mol. The largest absolute Gasteiger partial charge is 0.359 e. The van der Waals surface area contributed by atoms with Gasteiger partial charge in [0, 0.05) is 31.2 Å². The van der Waals surface area contributed by atoms with Crippen molar-refractivity contribution in [2.75, 3.05) is 12.4 Å². The molecule has 3 aromatic rings. The van der Waals surface area contributed by atoms with E-state index >= 15 is 0 Å². The monoisotopic (exact) mass is 379 g/mol. The van der Waals surface area contributed by atoms with Crippen LogP contribution < -0.4 is 16.2 Å². The molecule has 0 bridgehead atoms. The molecule has 1 aromatic carbocycles. The summed E-state index contributed by atoms with van der Waals surface area (Å²) in [5, 5.41) is 6.67. The highest BCUT2D eigenvalue weighted by Gasteiger charge is 2.28. The lowest BCUT2D eigenvalue weighted by Gasteiger charge is -2.24. The molecule has 7 heteroatoms. The number of nitrogens with one attached hydrogen (secondary N) is 2. The highest BCUT2D eigenvalue weighted by atomic mass is 16.2. The van der Waals surface area contributed by atoms with Crippen molar-refractivity contribution in [3.8, 4) is 0 Å². The first-order valence-corrected chi connectivity index (χ1v) is 9.22. The fraction of sp³-hybridized carbons (Fsp3) is 0.333. The van der Waals surface area contributed by atoms with Gasteiger partial charge in [0.25, 0.3) is 5.56 Å². The molecule has 0 spiro atoms. The van der Waals surface area contributed by atoms with Gasteiger partial charge in [0.05, 0.1) is 11.5 Å². The maximum atomic E-state index is 12.5. The standard InChI is InChI=1S/C21H25N5O2/c1-14(15-8-6-5-7-9-15)24-20-23-12-16-10-11-17(27)26(18(16)25-20)13-21(2,3)19(28)22-4/h5-12,14H,13H2,1-4H3,(H,22,28)(H,23,24,25)/t14-/m0/s1. The van der Waals surface area contributed by atoms with Crippen molar-refractivity contribution >= 4 is 22.9 Å². The third-order valence-electron chi connectivity index (χ3n) is 4.76. The molecule has 0 saturated heterocycles. The number of fused-ring (bicyclic) bond motifs is 1. The first-order chi connectivity index (χ1) is 13.3. The highest BCUT2D eigenvalue weighted by molar-refractivity contribution is 5.82. The van der Waals surface area contributed by atoms with Crippen molar-refractivity contribution < 1.29 is 4.79 Å². The van der Waals surface area contributed by atoms with E-state index in [1.165, 1.54) is 10.6 Å². The third kappa shape index (κ3) is 4.03. The molecule has 2 heterocycles. The average Bonchev–Trinajstić information content (AvgIpc) is 2.70. The molecule has 0 fully saturated rings. The second-order valence-electron chi connectivity index (χ2n) is 7.47. The van der Waals surface area contributed by atoms with Gasteiger partial charge in [0.2, 0.25) is 11.9 Å². The Balaban J connectivity index is 1.98. The van der Waals surface area contributed by atoms with E-state index in [1.807, 2.05) is 37.3 Å². The van der Waals surface area contributed by atoms with Gasteiger partial charge >= 0.3 is 0 Å². The predicted molar refractivity (Wildman–Crippen MR) is 110 cm³/mol. The van der Waals surface area contributed by atoms with Crippen molar-refractivity contribution in [1.82, 2.24) is 19.9 Å². The quantitative estimate of drug-likeness (QED) is 0.687. The minimum absolute atomic E-state index is 0.00449. The van der Waals surface area contributed by atoms with Gasteiger partial charge < -0.3 is 10.6 Å². The Bertz CT molecular complexity index is 1040. The Morgan fingerprint density at radius 2 is 1.89 bits per heavy atom. The molecule has 3 rings (SSSR count). The van der Waals surface area contributed by atoms with E-state index in [-0.39, 0.29) is 24.1 Å². The summed E-state index contributed by atoms with van der Waals surface area (Å²) in [6.07, 6.45) is 1.69. The molecule has 0 radical (unpaired) electrons. The number of carbonyl (C=O) groups excluding carboxylic acids is 1. The Morgan fingerprint density at radius 3 is 2.57 bits per heavy atom. The van der Waals surface area contributed by atoms with E-state index in [0.29, 0.717) is 11.6 Å². The van der Waals surface area contributed by atoms with Crippen LogP contribution in [0.1, 0.15) is 32.4 Å². The first kappa shape index (κ1) is 19.5. The molecule has 146 valence electrons. The molecular formula is C21H25N5O2. The highest BCUT2D eigenvalue weighted by Crippen LogP contribution is 2.21. The Morgan fingerprint density at radius 1 is 1.18 bits per heavy atom. The molecule has 1 amide bonds. The van der Waals surface area contributed by atoms with E-state index in [0.717, 1.165) is 10.9 Å². The van der Waals surface area contributed by atoms with E-state index in [2.05, 4.69) is 20.6 Å². The zero-order valence-corrected chi connectivity index (χ0v) is 16.6. The minimum Gasteiger partial charge on any atom is -0.359 e. The second kappa shape index (κ2) is 7.80. The number of anilines is 1. The van der Waals surface area contributed by atoms with Crippen LogP contribution in [0.3, 0.4) is 0 Å². The van der Waals surface area contributed by atoms with Crippen LogP contribution >= 0.6 is 0 Å². The molecule has 0 saturated carbocycles. The molecule has 2 N–H and O–H groups in total. The van der Waals surface area contributed by atoms with Crippen LogP contribution in [0.5, 0.6) is 0 Å². The molecule has 1 atom stereocenters. The number of benzene rings is 1. The Kier molecular flexibility index (Phi) is 5.44. The first-order valence-electron chi connectivity index (χ1n) is 9.22. The molecule has 0 aliphatic carbocycles. The Hall–Kier alpha value is -3.22. The maximum absolute atomic E-state index is 12.5. The van der Waals surface area contributed by atoms with Crippen molar-refractivity contribution in [3.63, 3.8) is 0 Å². The molecule has 7 nitrogen and oxygen atoms in total. The smallest absolute Gasteiger partial charge is 0.252 e. The second-order valence-corrected chi connectivity index (χ2v) is 7.47. The van der Waals surface area contributed by atoms with Crippen molar-refractivity contribution in [2.45, 2.75) is 33.4 Å². The summed E-state index contributed by atoms with van der Waals surface area (Å²) >= 11 is 0. The fourth-order valence-corrected chi connectivity index (χ4v) is 3.12. The predicted octanol–water partition coefficient (Wildman–Crippen LogP) is 2.74. The zero-order chi connectivity index (χ0) is 20.3. The van der Waals surface area contributed by atoms with E-state index < -0.39 is 5.41 Å². The van der Waals surface area contributed by atoms with Crippen molar-refractivity contribution in [3.05, 3.63) is 64.6 Å². The summed E-state index contributed by atoms with van der Waals surface area (Å²) in [6, 6.07) is 13.2. The van der Waals surface area contributed by atoms with Gasteiger partial charge in [-0.2, -0.15) is 4.98 Å². The topological polar surface area (TPSA) is 88.9 Å². The lowest BCUT2D eigenvalue weighted by Crippen LogP contribution is -2.40. The number of aromatic nitrogens is 3. The molecule has 28 heavy (non-hydrogen) atoms. The van der Waals surface area contributed by atoms with Gasteiger partial charge in [0.15, 0.2) is 0 Å². The summed E-state index contributed by atoms with van der Waals surface area (Å²) in [7, 11) is 1.59. The summed E-state index contributed by atoms with van der Waals surface area (Å²) in [6.45, 7) is 5.84. The zero-order valence-electron chi connectivity index (χ0n) is 16.6. The van der Waals surface area contributed by atoms with Crippen LogP contribution in [0, 0.1) is 5.41 Å². The van der Waals surface area contributed by atoms with Crippen LogP contribution in [0.15, 0.2) is 53.5 Å². The van der Waals surface area contributed by atoms with Crippen LogP contribution in [-0.4, -0.2) is 27.5 Å². The normalized spacial score (nSPS) is 12.6. The summed E-state index contributed by atoms with van der Waals surface area (Å²) in [4.78, 5) is 33.7. The van der Waals surface area contributed by atoms with Gasteiger partial charge in [-0.15, -0.1) is 0 Å². The van der Waals surface area contributed by atoms with Gasteiger partial charge in [-0.25, -0.2) is 4.98 Å². The summed E-state index contributed by atoms with van der Waals surface area (Å²) in [5.41, 5.74) is 0.646. The molecular weight excluding hydrogens is 354 g/mol. The fourth-order valence-electron chi connectivity index (χ4n) is 3.12. The van der Waals surface area contributed by atoms with E-state index in [9.17, 15) is 9.59 Å². The van der Waals surface area contributed by atoms with Gasteiger partial charge in [-0.1, -0.05) is 30.3 Å². The van der Waals surface area contributed by atoms with Gasteiger partial charge in [-0.3, -0.25) is 14.2 Å². The van der Waals surface area contributed by atoms with Gasteiger partial charge in [-0.05, 0) is 32.4 Å². The number of nitrogens with zero attached hydrogens (tertiary/aromatic N) is 3. The third-order valence-corrected chi connectivity index (χ3v) is 4.76. The SMILES string of the molecule is CNC(=O)C(C)(C)Cn1c(=O)ccc2cnc(N[C@@H](C)c3ccccc3)nc21. The summed E-state index contributed by atoms with van der Waals surface area (Å²) < 4.78 is 1.53. The number of amides is 1. The number of hydrogen-bond acceptors (Lipinski definition) is 5. The number of hydrogen-bond donors (Lipinski definition) is 2. The lowest BCUT2D eigenvalue weighted by atomic mass is 9.92. The van der Waals surface area contributed by atoms with E-state index in [1.54, 1.807) is 33.2 Å². The maximum Gasteiger partial charge on any atom is 0.252 e. The van der Waals surface area contributed by atoms with Crippen molar-refractivity contribution in [2.24, 2.45) is 5.41 Å². The van der Waals surface area contributed by atoms with Crippen molar-refractivity contribution in [1.29, 1.82) is 0 Å². The lowest BCUT2D eigenvalue weighted by molar-refractivity contribution is -0.129. The van der Waals surface area contributed by atoms with Gasteiger partial charge in [0.1, 0.15) is 5.65 Å². The number of pyridine rings is 1. The van der Waals surface area contributed by atoms with Crippen LogP contribution in [0.25, 0.3) is 11.0 Å². The molecule has 0 aliphatic rings. The van der Waals surface area contributed by atoms with Crippen LogP contribution in [0.4, 0.5) is 5.95 Å². The minimum atomic E-state index is -0.761. The van der Waals surface area contributed by atoms with E-state index in [4.69, 9.17) is 0 Å². The van der Waals surface area contributed by atoms with Crippen LogP contribution in [0.2, 0.25) is 0 Å². The number of carbonyl (C=O) groups is 1. The summed E-state index contributed by atoms with van der Waals surface area (Å²) in [5.74, 6) is 0.294. The Labute approximate surface area is 163 Å². The molecule has 2 aromatic heterocycles.